The molecular formula is C18H19FN2O3. The van der Waals surface area contributed by atoms with E-state index in [4.69, 9.17) is 0 Å². The fourth-order valence-electron chi connectivity index (χ4n) is 2.08. The predicted molar refractivity (Wildman–Crippen MR) is 89.4 cm³/mol. The van der Waals surface area contributed by atoms with Crippen molar-refractivity contribution in [3.8, 4) is 0 Å². The van der Waals surface area contributed by atoms with Gasteiger partial charge in [-0.1, -0.05) is 12.1 Å². The topological polar surface area (TPSA) is 67.4 Å². The van der Waals surface area contributed by atoms with Gasteiger partial charge in [-0.3, -0.25) is 4.79 Å². The van der Waals surface area contributed by atoms with Gasteiger partial charge in [0, 0.05) is 12.2 Å². The van der Waals surface area contributed by atoms with E-state index in [1.165, 1.54) is 19.2 Å². The molecule has 0 aliphatic rings. The molecule has 0 bridgehead atoms. The van der Waals surface area contributed by atoms with Gasteiger partial charge >= 0.3 is 5.97 Å². The van der Waals surface area contributed by atoms with Gasteiger partial charge in [-0.25, -0.2) is 9.18 Å². The lowest BCUT2D eigenvalue weighted by Gasteiger charge is -2.08. The van der Waals surface area contributed by atoms with Crippen molar-refractivity contribution in [1.29, 1.82) is 0 Å². The third kappa shape index (κ3) is 5.39. The Morgan fingerprint density at radius 2 is 1.71 bits per heavy atom. The Labute approximate surface area is 139 Å². The molecule has 0 aromatic heterocycles. The summed E-state index contributed by atoms with van der Waals surface area (Å²) in [6.45, 7) is 0.606. The molecule has 0 heterocycles. The van der Waals surface area contributed by atoms with Gasteiger partial charge in [0.05, 0.1) is 19.2 Å². The van der Waals surface area contributed by atoms with Crippen LogP contribution in [0.1, 0.15) is 15.9 Å². The molecule has 126 valence electrons. The summed E-state index contributed by atoms with van der Waals surface area (Å²) in [6, 6.07) is 12.9. The number of ether oxygens (including phenoxy) is 1. The van der Waals surface area contributed by atoms with Crippen LogP contribution in [0.4, 0.5) is 10.1 Å². The summed E-state index contributed by atoms with van der Waals surface area (Å²) in [5.41, 5.74) is 2.14. The van der Waals surface area contributed by atoms with Crippen LogP contribution >= 0.6 is 0 Å². The minimum atomic E-state index is -0.403. The van der Waals surface area contributed by atoms with E-state index in [0.29, 0.717) is 18.5 Å². The lowest BCUT2D eigenvalue weighted by Crippen LogP contribution is -2.31. The van der Waals surface area contributed by atoms with E-state index in [1.807, 2.05) is 0 Å². The molecule has 24 heavy (non-hydrogen) atoms. The van der Waals surface area contributed by atoms with Crippen LogP contribution < -0.4 is 10.6 Å². The number of nitrogens with one attached hydrogen (secondary N) is 2. The lowest BCUT2D eigenvalue weighted by molar-refractivity contribution is -0.119. The van der Waals surface area contributed by atoms with Crippen molar-refractivity contribution in [2.45, 2.75) is 6.42 Å². The van der Waals surface area contributed by atoms with Gasteiger partial charge in [0.15, 0.2) is 0 Å². The van der Waals surface area contributed by atoms with Crippen LogP contribution in [-0.2, 0) is 16.0 Å². The van der Waals surface area contributed by atoms with Gasteiger partial charge in [0.1, 0.15) is 5.82 Å². The van der Waals surface area contributed by atoms with E-state index in [9.17, 15) is 14.0 Å². The normalized spacial score (nSPS) is 10.1. The number of halogens is 1. The molecule has 0 aliphatic heterocycles. The first kappa shape index (κ1) is 17.5. The van der Waals surface area contributed by atoms with Gasteiger partial charge in [-0.15, -0.1) is 0 Å². The number of methoxy groups -OCH3 is 1. The summed E-state index contributed by atoms with van der Waals surface area (Å²) >= 11 is 0. The fraction of sp³-hybridized carbons (Fsp3) is 0.222. The Bertz CT molecular complexity index is 684. The summed E-state index contributed by atoms with van der Waals surface area (Å²) in [5.74, 6) is -0.820. The van der Waals surface area contributed by atoms with Crippen molar-refractivity contribution in [3.63, 3.8) is 0 Å². The van der Waals surface area contributed by atoms with E-state index in [1.54, 1.807) is 36.4 Å². The van der Waals surface area contributed by atoms with Crippen LogP contribution in [0.2, 0.25) is 0 Å². The highest BCUT2D eigenvalue weighted by Crippen LogP contribution is 2.10. The van der Waals surface area contributed by atoms with Gasteiger partial charge in [0.2, 0.25) is 5.91 Å². The lowest BCUT2D eigenvalue weighted by atomic mass is 10.1. The molecule has 0 saturated heterocycles. The van der Waals surface area contributed by atoms with E-state index in [-0.39, 0.29) is 18.3 Å². The zero-order valence-electron chi connectivity index (χ0n) is 13.3. The number of rotatable bonds is 7. The fourth-order valence-corrected chi connectivity index (χ4v) is 2.08. The maximum absolute atomic E-state index is 12.8. The molecule has 0 fully saturated rings. The number of esters is 1. The Morgan fingerprint density at radius 3 is 2.33 bits per heavy atom. The molecule has 0 spiro atoms. The number of hydrogen-bond acceptors (Lipinski definition) is 4. The van der Waals surface area contributed by atoms with Crippen molar-refractivity contribution in [2.24, 2.45) is 0 Å². The van der Waals surface area contributed by atoms with E-state index < -0.39 is 5.97 Å². The summed E-state index contributed by atoms with van der Waals surface area (Å²) in [7, 11) is 1.32. The predicted octanol–water partition coefficient (Wildman–Crippen LogP) is 2.38. The number of anilines is 1. The molecule has 2 N–H and O–H groups in total. The smallest absolute Gasteiger partial charge is 0.337 e. The monoisotopic (exact) mass is 330 g/mol. The first-order valence-electron chi connectivity index (χ1n) is 7.52. The minimum Gasteiger partial charge on any atom is -0.465 e. The van der Waals surface area contributed by atoms with E-state index >= 15 is 0 Å². The number of benzene rings is 2. The van der Waals surface area contributed by atoms with Crippen LogP contribution in [0.25, 0.3) is 0 Å². The Balaban J connectivity index is 1.71. The average Bonchev–Trinajstić information content (AvgIpc) is 2.61. The van der Waals surface area contributed by atoms with Gasteiger partial charge in [0.25, 0.3) is 0 Å². The molecule has 2 aromatic carbocycles. The summed E-state index contributed by atoms with van der Waals surface area (Å²) in [5, 5.41) is 5.76. The highest BCUT2D eigenvalue weighted by molar-refractivity contribution is 5.89. The van der Waals surface area contributed by atoms with Crippen molar-refractivity contribution < 1.29 is 18.7 Å². The van der Waals surface area contributed by atoms with Crippen LogP contribution in [0, 0.1) is 5.82 Å². The molecular weight excluding hydrogens is 311 g/mol. The summed E-state index contributed by atoms with van der Waals surface area (Å²) < 4.78 is 17.4. The average molecular weight is 330 g/mol. The number of carbonyl (C=O) groups is 2. The second-order valence-electron chi connectivity index (χ2n) is 5.15. The molecule has 0 saturated carbocycles. The SMILES string of the molecule is COC(=O)c1ccc(NCC(=O)NCCc2ccc(F)cc2)cc1. The first-order chi connectivity index (χ1) is 11.6. The zero-order chi connectivity index (χ0) is 17.4. The molecule has 6 heteroatoms. The van der Waals surface area contributed by atoms with Crippen molar-refractivity contribution in [3.05, 3.63) is 65.5 Å². The molecule has 0 unspecified atom stereocenters. The number of amides is 1. The Hall–Kier alpha value is -2.89. The maximum atomic E-state index is 12.8. The summed E-state index contributed by atoms with van der Waals surface area (Å²) in [4.78, 5) is 23.1. The van der Waals surface area contributed by atoms with Crippen LogP contribution in [0.5, 0.6) is 0 Å². The van der Waals surface area contributed by atoms with Gasteiger partial charge in [-0.05, 0) is 48.4 Å². The van der Waals surface area contributed by atoms with Crippen LogP contribution in [0.3, 0.4) is 0 Å². The van der Waals surface area contributed by atoms with E-state index in [0.717, 1.165) is 11.3 Å². The molecule has 0 aliphatic carbocycles. The summed E-state index contributed by atoms with van der Waals surface area (Å²) in [6.07, 6.45) is 0.639. The van der Waals surface area contributed by atoms with Crippen molar-refractivity contribution in [2.75, 3.05) is 25.5 Å². The highest BCUT2D eigenvalue weighted by Gasteiger charge is 2.05. The second kappa shape index (κ2) is 8.67. The van der Waals surface area contributed by atoms with E-state index in [2.05, 4.69) is 15.4 Å². The molecule has 2 rings (SSSR count). The molecule has 1 amide bonds. The molecule has 2 aromatic rings. The molecule has 0 atom stereocenters. The number of hydrogen-bond donors (Lipinski definition) is 2. The first-order valence-corrected chi connectivity index (χ1v) is 7.52. The third-order valence-electron chi connectivity index (χ3n) is 3.41. The van der Waals surface area contributed by atoms with Crippen LogP contribution in [0.15, 0.2) is 48.5 Å². The minimum absolute atomic E-state index is 0.126. The Kier molecular flexibility index (Phi) is 6.31. The quantitative estimate of drug-likeness (QED) is 0.765. The number of carbonyl (C=O) groups excluding carboxylic acids is 2. The van der Waals surface area contributed by atoms with Crippen molar-refractivity contribution in [1.82, 2.24) is 5.32 Å². The van der Waals surface area contributed by atoms with Gasteiger partial charge in [-0.2, -0.15) is 0 Å². The van der Waals surface area contributed by atoms with Gasteiger partial charge < -0.3 is 15.4 Å². The molecule has 5 nitrogen and oxygen atoms in total. The maximum Gasteiger partial charge on any atom is 0.337 e. The van der Waals surface area contributed by atoms with Crippen LogP contribution in [-0.4, -0.2) is 32.1 Å². The third-order valence-corrected chi connectivity index (χ3v) is 3.41. The zero-order valence-corrected chi connectivity index (χ0v) is 13.3. The second-order valence-corrected chi connectivity index (χ2v) is 5.15. The largest absolute Gasteiger partial charge is 0.465 e. The Morgan fingerprint density at radius 1 is 1.04 bits per heavy atom. The molecule has 0 radical (unpaired) electrons. The highest BCUT2D eigenvalue weighted by atomic mass is 19.1. The standard InChI is InChI=1S/C18H19FN2O3/c1-24-18(23)14-4-8-16(9-5-14)21-12-17(22)20-11-10-13-2-6-15(19)7-3-13/h2-9,21H,10-12H2,1H3,(H,20,22). The van der Waals surface area contributed by atoms with Crippen molar-refractivity contribution >= 4 is 17.6 Å².